The van der Waals surface area contributed by atoms with Gasteiger partial charge in [-0.15, -0.1) is 0 Å². The van der Waals surface area contributed by atoms with Gasteiger partial charge in [0.2, 0.25) is 0 Å². The van der Waals surface area contributed by atoms with Crippen molar-refractivity contribution in [3.05, 3.63) is 23.8 Å². The highest BCUT2D eigenvalue weighted by Gasteiger charge is 2.08. The predicted octanol–water partition coefficient (Wildman–Crippen LogP) is 2.46. The maximum absolute atomic E-state index is 12.0. The molecule has 0 radical (unpaired) electrons. The van der Waals surface area contributed by atoms with Crippen LogP contribution in [0.2, 0.25) is 0 Å². The SMILES string of the molecule is CCOc1cc(N)cc(C(=O)NCCOCCC(C)C)c1. The maximum atomic E-state index is 12.0. The van der Waals surface area contributed by atoms with Crippen molar-refractivity contribution in [2.24, 2.45) is 5.92 Å². The highest BCUT2D eigenvalue weighted by Crippen LogP contribution is 2.18. The van der Waals surface area contributed by atoms with Gasteiger partial charge in [-0.05, 0) is 31.4 Å². The first-order chi connectivity index (χ1) is 10.0. The van der Waals surface area contributed by atoms with E-state index in [9.17, 15) is 4.79 Å². The van der Waals surface area contributed by atoms with E-state index >= 15 is 0 Å². The Morgan fingerprint density at radius 1 is 1.29 bits per heavy atom. The van der Waals surface area contributed by atoms with Crippen molar-refractivity contribution in [2.45, 2.75) is 27.2 Å². The van der Waals surface area contributed by atoms with E-state index in [0.29, 0.717) is 42.7 Å². The summed E-state index contributed by atoms with van der Waals surface area (Å²) < 4.78 is 10.8. The third kappa shape index (κ3) is 6.99. The molecule has 0 aliphatic heterocycles. The van der Waals surface area contributed by atoms with Crippen LogP contribution in [0.3, 0.4) is 0 Å². The zero-order valence-electron chi connectivity index (χ0n) is 13.1. The Kier molecular flexibility index (Phi) is 7.61. The van der Waals surface area contributed by atoms with Gasteiger partial charge in [0.05, 0.1) is 13.2 Å². The minimum Gasteiger partial charge on any atom is -0.494 e. The number of nitrogen functional groups attached to an aromatic ring is 1. The van der Waals surface area contributed by atoms with Crippen LogP contribution in [0, 0.1) is 5.92 Å². The number of anilines is 1. The number of carbonyl (C=O) groups is 1. The number of nitrogens with one attached hydrogen (secondary N) is 1. The van der Waals surface area contributed by atoms with Crippen LogP contribution < -0.4 is 15.8 Å². The lowest BCUT2D eigenvalue weighted by atomic mass is 10.1. The minimum absolute atomic E-state index is 0.171. The fourth-order valence-corrected chi connectivity index (χ4v) is 1.76. The molecule has 0 saturated carbocycles. The molecule has 0 aromatic heterocycles. The zero-order valence-corrected chi connectivity index (χ0v) is 13.1. The van der Waals surface area contributed by atoms with Crippen molar-refractivity contribution in [3.63, 3.8) is 0 Å². The summed E-state index contributed by atoms with van der Waals surface area (Å²) in [6.45, 7) is 8.45. The number of rotatable bonds is 9. The Balaban J connectivity index is 2.38. The van der Waals surface area contributed by atoms with E-state index in [0.717, 1.165) is 13.0 Å². The molecule has 21 heavy (non-hydrogen) atoms. The molecule has 0 aliphatic carbocycles. The van der Waals surface area contributed by atoms with Gasteiger partial charge >= 0.3 is 0 Å². The van der Waals surface area contributed by atoms with Crippen molar-refractivity contribution < 1.29 is 14.3 Å². The molecule has 1 aromatic rings. The van der Waals surface area contributed by atoms with Crippen LogP contribution in [0.1, 0.15) is 37.6 Å². The molecule has 0 bridgehead atoms. The van der Waals surface area contributed by atoms with Crippen molar-refractivity contribution in [3.8, 4) is 5.75 Å². The molecule has 1 rings (SSSR count). The van der Waals surface area contributed by atoms with E-state index < -0.39 is 0 Å². The van der Waals surface area contributed by atoms with Gasteiger partial charge in [0, 0.05) is 30.5 Å². The highest BCUT2D eigenvalue weighted by molar-refractivity contribution is 5.95. The molecule has 0 fully saturated rings. The van der Waals surface area contributed by atoms with Crippen molar-refractivity contribution in [1.82, 2.24) is 5.32 Å². The first-order valence-electron chi connectivity index (χ1n) is 7.42. The number of amides is 1. The third-order valence-corrected chi connectivity index (χ3v) is 2.87. The number of carbonyl (C=O) groups excluding carboxylic acids is 1. The fraction of sp³-hybridized carbons (Fsp3) is 0.562. The number of benzene rings is 1. The van der Waals surface area contributed by atoms with Crippen LogP contribution in [0.5, 0.6) is 5.75 Å². The van der Waals surface area contributed by atoms with Gasteiger partial charge < -0.3 is 20.5 Å². The zero-order chi connectivity index (χ0) is 15.7. The first kappa shape index (κ1) is 17.3. The fourth-order valence-electron chi connectivity index (χ4n) is 1.76. The lowest BCUT2D eigenvalue weighted by Crippen LogP contribution is -2.27. The smallest absolute Gasteiger partial charge is 0.251 e. The second-order valence-electron chi connectivity index (χ2n) is 5.27. The second-order valence-corrected chi connectivity index (χ2v) is 5.27. The molecule has 1 aromatic carbocycles. The van der Waals surface area contributed by atoms with Crippen LogP contribution in [0.4, 0.5) is 5.69 Å². The molecule has 0 unspecified atom stereocenters. The van der Waals surface area contributed by atoms with Gasteiger partial charge in [0.25, 0.3) is 5.91 Å². The van der Waals surface area contributed by atoms with Crippen LogP contribution in [-0.4, -0.2) is 32.3 Å². The summed E-state index contributed by atoms with van der Waals surface area (Å²) in [5.41, 5.74) is 6.78. The topological polar surface area (TPSA) is 73.6 Å². The Morgan fingerprint density at radius 2 is 2.05 bits per heavy atom. The predicted molar refractivity (Wildman–Crippen MR) is 84.6 cm³/mol. The summed E-state index contributed by atoms with van der Waals surface area (Å²) in [5, 5.41) is 2.81. The number of nitrogens with two attached hydrogens (primary N) is 1. The van der Waals surface area contributed by atoms with Gasteiger partial charge in [-0.25, -0.2) is 0 Å². The van der Waals surface area contributed by atoms with Gasteiger partial charge in [-0.1, -0.05) is 13.8 Å². The van der Waals surface area contributed by atoms with Gasteiger partial charge in [-0.2, -0.15) is 0 Å². The first-order valence-corrected chi connectivity index (χ1v) is 7.42. The normalized spacial score (nSPS) is 10.7. The monoisotopic (exact) mass is 294 g/mol. The van der Waals surface area contributed by atoms with E-state index in [1.165, 1.54) is 0 Å². The summed E-state index contributed by atoms with van der Waals surface area (Å²) in [4.78, 5) is 12.0. The van der Waals surface area contributed by atoms with Crippen LogP contribution in [-0.2, 0) is 4.74 Å². The Bertz CT molecular complexity index is 447. The summed E-state index contributed by atoms with van der Waals surface area (Å²) in [6.07, 6.45) is 1.03. The van der Waals surface area contributed by atoms with Crippen molar-refractivity contribution in [1.29, 1.82) is 0 Å². The van der Waals surface area contributed by atoms with Crippen LogP contribution >= 0.6 is 0 Å². The molecule has 0 aliphatic rings. The Morgan fingerprint density at radius 3 is 2.71 bits per heavy atom. The molecule has 3 N–H and O–H groups in total. The van der Waals surface area contributed by atoms with Crippen molar-refractivity contribution in [2.75, 3.05) is 32.1 Å². The molecule has 1 amide bonds. The number of hydrogen-bond donors (Lipinski definition) is 2. The second kappa shape index (κ2) is 9.23. The summed E-state index contributed by atoms with van der Waals surface area (Å²) in [7, 11) is 0. The molecule has 0 saturated heterocycles. The lowest BCUT2D eigenvalue weighted by Gasteiger charge is -2.10. The lowest BCUT2D eigenvalue weighted by molar-refractivity contribution is 0.0905. The minimum atomic E-state index is -0.171. The quantitative estimate of drug-likeness (QED) is 0.542. The summed E-state index contributed by atoms with van der Waals surface area (Å²) >= 11 is 0. The molecule has 5 nitrogen and oxygen atoms in total. The summed E-state index contributed by atoms with van der Waals surface area (Å²) in [5.74, 6) is 1.07. The average Bonchev–Trinajstić information content (AvgIpc) is 2.41. The van der Waals surface area contributed by atoms with Crippen molar-refractivity contribution >= 4 is 11.6 Å². The van der Waals surface area contributed by atoms with E-state index in [4.69, 9.17) is 15.2 Å². The Hall–Kier alpha value is -1.75. The van der Waals surface area contributed by atoms with E-state index in [-0.39, 0.29) is 5.91 Å². The molecule has 118 valence electrons. The van der Waals surface area contributed by atoms with Gasteiger partial charge in [0.1, 0.15) is 5.75 Å². The maximum Gasteiger partial charge on any atom is 0.251 e. The molecule has 0 atom stereocenters. The molecule has 0 spiro atoms. The van der Waals surface area contributed by atoms with Crippen LogP contribution in [0.25, 0.3) is 0 Å². The van der Waals surface area contributed by atoms with E-state index in [2.05, 4.69) is 19.2 Å². The van der Waals surface area contributed by atoms with Crippen LogP contribution in [0.15, 0.2) is 18.2 Å². The summed E-state index contributed by atoms with van der Waals surface area (Å²) in [6, 6.07) is 5.03. The third-order valence-electron chi connectivity index (χ3n) is 2.87. The Labute approximate surface area is 126 Å². The standard InChI is InChI=1S/C16H26N2O3/c1-4-21-15-10-13(9-14(17)11-15)16(19)18-6-8-20-7-5-12(2)3/h9-12H,4-8,17H2,1-3H3,(H,18,19). The average molecular weight is 294 g/mol. The molecular weight excluding hydrogens is 268 g/mol. The molecule has 5 heteroatoms. The highest BCUT2D eigenvalue weighted by atomic mass is 16.5. The van der Waals surface area contributed by atoms with Gasteiger partial charge in [-0.3, -0.25) is 4.79 Å². The largest absolute Gasteiger partial charge is 0.494 e. The number of hydrogen-bond acceptors (Lipinski definition) is 4. The van der Waals surface area contributed by atoms with Gasteiger partial charge in [0.15, 0.2) is 0 Å². The molecular formula is C16H26N2O3. The van der Waals surface area contributed by atoms with E-state index in [1.807, 2.05) is 6.92 Å². The number of ether oxygens (including phenoxy) is 2. The molecule has 0 heterocycles. The van der Waals surface area contributed by atoms with E-state index in [1.54, 1.807) is 18.2 Å².